The quantitative estimate of drug-likeness (QED) is 0.740. The maximum Gasteiger partial charge on any atom is 0.320 e. The fraction of sp³-hybridized carbons (Fsp3) is 0.235. The highest BCUT2D eigenvalue weighted by Gasteiger charge is 2.17. The minimum Gasteiger partial charge on any atom is -0.480 e. The van der Waals surface area contributed by atoms with E-state index in [1.165, 1.54) is 12.1 Å². The number of nitrogens with two attached hydrogens (primary N) is 1. The Morgan fingerprint density at radius 2 is 1.79 bits per heavy atom. The number of nitrogens with one attached hydrogen (secondary N) is 1. The topological polar surface area (TPSA) is 109 Å². The zero-order valence-corrected chi connectivity index (χ0v) is 14.3. The minimum atomic E-state index is -3.70. The first-order valence-electron chi connectivity index (χ1n) is 7.36. The SMILES string of the molecule is Cc1ccc(S(=O)(=O)Nc2ccc(C)c(C[C@H](N)C(=O)O)c2)cc1. The van der Waals surface area contributed by atoms with E-state index in [1.807, 2.05) is 13.8 Å². The largest absolute Gasteiger partial charge is 0.480 e. The highest BCUT2D eigenvalue weighted by atomic mass is 32.2. The van der Waals surface area contributed by atoms with E-state index in [0.29, 0.717) is 11.3 Å². The number of rotatable bonds is 6. The molecule has 0 saturated heterocycles. The number of hydrogen-bond donors (Lipinski definition) is 3. The molecular formula is C17H20N2O4S. The van der Waals surface area contributed by atoms with E-state index in [4.69, 9.17) is 10.8 Å². The summed E-state index contributed by atoms with van der Waals surface area (Å²) in [6, 6.07) is 10.5. The molecule has 0 aliphatic rings. The highest BCUT2D eigenvalue weighted by Crippen LogP contribution is 2.20. The van der Waals surface area contributed by atoms with Gasteiger partial charge >= 0.3 is 5.97 Å². The summed E-state index contributed by atoms with van der Waals surface area (Å²) >= 11 is 0. The van der Waals surface area contributed by atoms with Gasteiger partial charge in [0.15, 0.2) is 0 Å². The van der Waals surface area contributed by atoms with Crippen molar-refractivity contribution in [2.45, 2.75) is 31.2 Å². The highest BCUT2D eigenvalue weighted by molar-refractivity contribution is 7.92. The second-order valence-electron chi connectivity index (χ2n) is 5.71. The summed E-state index contributed by atoms with van der Waals surface area (Å²) in [4.78, 5) is 11.1. The van der Waals surface area contributed by atoms with Crippen LogP contribution >= 0.6 is 0 Å². The molecule has 1 atom stereocenters. The van der Waals surface area contributed by atoms with Crippen molar-refractivity contribution in [3.05, 3.63) is 59.2 Å². The summed E-state index contributed by atoms with van der Waals surface area (Å²) < 4.78 is 27.3. The summed E-state index contributed by atoms with van der Waals surface area (Å²) in [6.45, 7) is 3.70. The zero-order chi connectivity index (χ0) is 17.9. The molecule has 24 heavy (non-hydrogen) atoms. The zero-order valence-electron chi connectivity index (χ0n) is 13.5. The third-order valence-corrected chi connectivity index (χ3v) is 5.09. The first-order valence-corrected chi connectivity index (χ1v) is 8.85. The molecule has 0 unspecified atom stereocenters. The second kappa shape index (κ2) is 7.02. The van der Waals surface area contributed by atoms with Gasteiger partial charge < -0.3 is 10.8 Å². The first kappa shape index (κ1) is 18.0. The number of aryl methyl sites for hydroxylation is 2. The van der Waals surface area contributed by atoms with Gasteiger partial charge in [-0.15, -0.1) is 0 Å². The fourth-order valence-electron chi connectivity index (χ4n) is 2.21. The van der Waals surface area contributed by atoms with Gasteiger partial charge in [-0.3, -0.25) is 9.52 Å². The lowest BCUT2D eigenvalue weighted by Crippen LogP contribution is -2.32. The molecule has 0 radical (unpaired) electrons. The van der Waals surface area contributed by atoms with Crippen LogP contribution in [-0.4, -0.2) is 25.5 Å². The van der Waals surface area contributed by atoms with E-state index in [-0.39, 0.29) is 11.3 Å². The molecular weight excluding hydrogens is 328 g/mol. The van der Waals surface area contributed by atoms with Gasteiger partial charge in [0, 0.05) is 5.69 Å². The third kappa shape index (κ3) is 4.33. The molecule has 128 valence electrons. The Kier molecular flexibility index (Phi) is 5.26. The van der Waals surface area contributed by atoms with E-state index in [9.17, 15) is 13.2 Å². The standard InChI is InChI=1S/C17H20N2O4S/c1-11-3-7-15(8-4-11)24(22,23)19-14-6-5-12(2)13(9-14)10-16(18)17(20)21/h3-9,16,19H,10,18H2,1-2H3,(H,20,21)/t16-/m0/s1. The lowest BCUT2D eigenvalue weighted by molar-refractivity contribution is -0.138. The first-order chi connectivity index (χ1) is 11.2. The van der Waals surface area contributed by atoms with Gasteiger partial charge in [0.2, 0.25) is 0 Å². The van der Waals surface area contributed by atoms with Crippen molar-refractivity contribution in [1.82, 2.24) is 0 Å². The molecule has 0 fully saturated rings. The number of hydrogen-bond acceptors (Lipinski definition) is 4. The molecule has 0 aromatic heterocycles. The Bertz CT molecular complexity index is 845. The van der Waals surface area contributed by atoms with E-state index >= 15 is 0 Å². The Hall–Kier alpha value is -2.38. The van der Waals surface area contributed by atoms with Gasteiger partial charge in [0.25, 0.3) is 10.0 Å². The number of carboxylic acids is 1. The van der Waals surface area contributed by atoms with Gasteiger partial charge in [-0.2, -0.15) is 0 Å². The number of carboxylic acid groups (broad SMARTS) is 1. The van der Waals surface area contributed by atoms with Crippen LogP contribution in [0.3, 0.4) is 0 Å². The van der Waals surface area contributed by atoms with E-state index in [0.717, 1.165) is 11.1 Å². The van der Waals surface area contributed by atoms with Gasteiger partial charge in [0.1, 0.15) is 6.04 Å². The molecule has 2 aromatic rings. The molecule has 0 saturated carbocycles. The fourth-order valence-corrected chi connectivity index (χ4v) is 3.26. The van der Waals surface area contributed by atoms with E-state index in [1.54, 1.807) is 30.3 Å². The Morgan fingerprint density at radius 1 is 1.17 bits per heavy atom. The molecule has 2 aromatic carbocycles. The van der Waals surface area contributed by atoms with Crippen molar-refractivity contribution in [3.63, 3.8) is 0 Å². The van der Waals surface area contributed by atoms with Gasteiger partial charge in [-0.05, 0) is 55.7 Å². The van der Waals surface area contributed by atoms with Crippen molar-refractivity contribution in [2.75, 3.05) is 4.72 Å². The van der Waals surface area contributed by atoms with Crippen LogP contribution in [0.2, 0.25) is 0 Å². The summed E-state index contributed by atoms with van der Waals surface area (Å²) in [7, 11) is -3.70. The number of carbonyl (C=O) groups is 1. The number of sulfonamides is 1. The summed E-state index contributed by atoms with van der Waals surface area (Å²) in [5.41, 5.74) is 8.44. The maximum atomic E-state index is 12.4. The lowest BCUT2D eigenvalue weighted by Gasteiger charge is -2.13. The van der Waals surface area contributed by atoms with Crippen molar-refractivity contribution < 1.29 is 18.3 Å². The molecule has 0 spiro atoms. The van der Waals surface area contributed by atoms with Crippen molar-refractivity contribution in [1.29, 1.82) is 0 Å². The van der Waals surface area contributed by atoms with Crippen LogP contribution < -0.4 is 10.5 Å². The van der Waals surface area contributed by atoms with Crippen molar-refractivity contribution >= 4 is 21.7 Å². The van der Waals surface area contributed by atoms with Crippen LogP contribution in [0.1, 0.15) is 16.7 Å². The van der Waals surface area contributed by atoms with E-state index in [2.05, 4.69) is 4.72 Å². The van der Waals surface area contributed by atoms with Crippen LogP contribution in [0.4, 0.5) is 5.69 Å². The van der Waals surface area contributed by atoms with Crippen molar-refractivity contribution in [2.24, 2.45) is 5.73 Å². The van der Waals surface area contributed by atoms with Crippen LogP contribution in [-0.2, 0) is 21.2 Å². The normalized spacial score (nSPS) is 12.6. The molecule has 0 bridgehead atoms. The van der Waals surface area contributed by atoms with Crippen molar-refractivity contribution in [3.8, 4) is 0 Å². The Morgan fingerprint density at radius 3 is 2.38 bits per heavy atom. The molecule has 0 aliphatic carbocycles. The Labute approximate surface area is 141 Å². The summed E-state index contributed by atoms with van der Waals surface area (Å²) in [5.74, 6) is -1.10. The molecule has 0 aliphatic heterocycles. The van der Waals surface area contributed by atoms with Crippen LogP contribution in [0.25, 0.3) is 0 Å². The summed E-state index contributed by atoms with van der Waals surface area (Å²) in [5, 5.41) is 8.92. The summed E-state index contributed by atoms with van der Waals surface area (Å²) in [6.07, 6.45) is 0.126. The average Bonchev–Trinajstić information content (AvgIpc) is 2.50. The second-order valence-corrected chi connectivity index (χ2v) is 7.39. The third-order valence-electron chi connectivity index (χ3n) is 3.69. The predicted octanol–water partition coefficient (Wildman–Crippen LogP) is 2.06. The average molecular weight is 348 g/mol. The molecule has 6 nitrogen and oxygen atoms in total. The molecule has 7 heteroatoms. The molecule has 0 heterocycles. The number of aliphatic carboxylic acids is 1. The molecule has 0 amide bonds. The molecule has 2 rings (SSSR count). The Balaban J connectivity index is 2.26. The lowest BCUT2D eigenvalue weighted by atomic mass is 10.0. The number of benzene rings is 2. The van der Waals surface area contributed by atoms with Gasteiger partial charge in [-0.25, -0.2) is 8.42 Å². The van der Waals surface area contributed by atoms with E-state index < -0.39 is 22.0 Å². The predicted molar refractivity (Wildman–Crippen MR) is 92.5 cm³/mol. The maximum absolute atomic E-state index is 12.4. The molecule has 4 N–H and O–H groups in total. The minimum absolute atomic E-state index is 0.126. The van der Waals surface area contributed by atoms with Crippen LogP contribution in [0, 0.1) is 13.8 Å². The van der Waals surface area contributed by atoms with Crippen LogP contribution in [0.15, 0.2) is 47.4 Å². The smallest absolute Gasteiger partial charge is 0.320 e. The number of anilines is 1. The van der Waals surface area contributed by atoms with Gasteiger partial charge in [-0.1, -0.05) is 23.8 Å². The van der Waals surface area contributed by atoms with Crippen LogP contribution in [0.5, 0.6) is 0 Å². The van der Waals surface area contributed by atoms with Gasteiger partial charge in [0.05, 0.1) is 4.90 Å². The monoisotopic (exact) mass is 348 g/mol.